The molecule has 0 unspecified atom stereocenters. The monoisotopic (exact) mass is 472 g/mol. The van der Waals surface area contributed by atoms with Crippen LogP contribution in [-0.2, 0) is 4.79 Å². The van der Waals surface area contributed by atoms with E-state index in [1.54, 1.807) is 30.5 Å². The summed E-state index contributed by atoms with van der Waals surface area (Å²) in [6.45, 7) is 6.99. The van der Waals surface area contributed by atoms with Crippen molar-refractivity contribution in [2.75, 3.05) is 37.6 Å². The summed E-state index contributed by atoms with van der Waals surface area (Å²) >= 11 is 0. The molecule has 0 spiro atoms. The highest BCUT2D eigenvalue weighted by molar-refractivity contribution is 6.21. The number of nitrogens with zero attached hydrogens (tertiary/aromatic N) is 6. The first-order chi connectivity index (χ1) is 17.0. The van der Waals surface area contributed by atoms with Crippen LogP contribution in [0.5, 0.6) is 0 Å². The third kappa shape index (κ3) is 4.18. The largest absolute Gasteiger partial charge is 0.365 e. The maximum absolute atomic E-state index is 12.8. The molecule has 2 aliphatic heterocycles. The zero-order valence-corrected chi connectivity index (χ0v) is 20.0. The van der Waals surface area contributed by atoms with Crippen molar-refractivity contribution in [2.45, 2.75) is 26.7 Å². The first-order valence-electron chi connectivity index (χ1n) is 11.9. The van der Waals surface area contributed by atoms with Crippen LogP contribution in [0.15, 0.2) is 48.7 Å². The van der Waals surface area contributed by atoms with Crippen molar-refractivity contribution in [1.82, 2.24) is 24.6 Å². The molecule has 0 aliphatic carbocycles. The maximum atomic E-state index is 12.8. The van der Waals surface area contributed by atoms with Gasteiger partial charge in [0.25, 0.3) is 11.8 Å². The SMILES string of the molecule is Cc1nn(-c2ccccn2)c(C)c1N1CCN(C(=O)CCCN2C(=O)c3ccccc3C2=O)CC1. The number of benzene rings is 1. The van der Waals surface area contributed by atoms with Gasteiger partial charge in [-0.15, -0.1) is 0 Å². The number of carbonyl (C=O) groups excluding carboxylic acids is 3. The molecular weight excluding hydrogens is 444 g/mol. The van der Waals surface area contributed by atoms with Crippen LogP contribution in [0.4, 0.5) is 5.69 Å². The molecule has 9 heteroatoms. The van der Waals surface area contributed by atoms with E-state index in [4.69, 9.17) is 0 Å². The quantitative estimate of drug-likeness (QED) is 0.512. The van der Waals surface area contributed by atoms with Gasteiger partial charge in [0.05, 0.1) is 28.2 Å². The Balaban J connectivity index is 1.15. The van der Waals surface area contributed by atoms with Gasteiger partial charge >= 0.3 is 0 Å². The molecule has 1 saturated heterocycles. The molecule has 2 aliphatic rings. The molecule has 3 amide bonds. The van der Waals surface area contributed by atoms with E-state index in [1.807, 2.05) is 41.6 Å². The highest BCUT2D eigenvalue weighted by atomic mass is 16.2. The average Bonchev–Trinajstić information content (AvgIpc) is 3.32. The van der Waals surface area contributed by atoms with Gasteiger partial charge in [-0.1, -0.05) is 18.2 Å². The van der Waals surface area contributed by atoms with E-state index in [0.29, 0.717) is 37.1 Å². The van der Waals surface area contributed by atoms with E-state index >= 15 is 0 Å². The number of imide groups is 1. The summed E-state index contributed by atoms with van der Waals surface area (Å²) in [7, 11) is 0. The number of aryl methyl sites for hydroxylation is 1. The fourth-order valence-electron chi connectivity index (χ4n) is 4.96. The van der Waals surface area contributed by atoms with E-state index in [0.717, 1.165) is 36.0 Å². The number of rotatable bonds is 6. The predicted molar refractivity (Wildman–Crippen MR) is 131 cm³/mol. The van der Waals surface area contributed by atoms with Crippen LogP contribution in [-0.4, -0.2) is 75.0 Å². The summed E-state index contributed by atoms with van der Waals surface area (Å²) in [6.07, 6.45) is 2.52. The van der Waals surface area contributed by atoms with Crippen molar-refractivity contribution in [3.63, 3.8) is 0 Å². The summed E-state index contributed by atoms with van der Waals surface area (Å²) in [5.74, 6) is 0.289. The Morgan fingerprint density at radius 3 is 2.20 bits per heavy atom. The summed E-state index contributed by atoms with van der Waals surface area (Å²) in [5.41, 5.74) is 3.94. The molecule has 0 atom stereocenters. The molecule has 0 N–H and O–H groups in total. The van der Waals surface area contributed by atoms with Crippen LogP contribution < -0.4 is 4.90 Å². The second kappa shape index (κ2) is 9.32. The Morgan fingerprint density at radius 2 is 1.57 bits per heavy atom. The second-order valence-electron chi connectivity index (χ2n) is 8.90. The van der Waals surface area contributed by atoms with Crippen molar-refractivity contribution < 1.29 is 14.4 Å². The Kier molecular flexibility index (Phi) is 6.07. The number of fused-ring (bicyclic) bond motifs is 1. The zero-order chi connectivity index (χ0) is 24.5. The van der Waals surface area contributed by atoms with E-state index in [9.17, 15) is 14.4 Å². The van der Waals surface area contributed by atoms with Crippen LogP contribution in [0.3, 0.4) is 0 Å². The molecular formula is C26H28N6O3. The third-order valence-corrected chi connectivity index (χ3v) is 6.72. The van der Waals surface area contributed by atoms with Crippen molar-refractivity contribution >= 4 is 23.4 Å². The normalized spacial score (nSPS) is 15.7. The lowest BCUT2D eigenvalue weighted by Gasteiger charge is -2.36. The number of anilines is 1. The first kappa shape index (κ1) is 22.8. The van der Waals surface area contributed by atoms with Crippen LogP contribution in [0.25, 0.3) is 5.82 Å². The van der Waals surface area contributed by atoms with Crippen LogP contribution in [0.2, 0.25) is 0 Å². The Hall–Kier alpha value is -4.01. The summed E-state index contributed by atoms with van der Waals surface area (Å²) < 4.78 is 1.86. The minimum Gasteiger partial charge on any atom is -0.365 e. The standard InChI is InChI=1S/C26H28N6O3/c1-18-24(19(2)32(28-18)22-10-5-6-12-27-22)30-16-14-29(15-17-30)23(33)11-7-13-31-25(34)20-8-3-4-9-21(20)26(31)35/h3-6,8-10,12H,7,11,13-17H2,1-2H3. The fourth-order valence-corrected chi connectivity index (χ4v) is 4.96. The van der Waals surface area contributed by atoms with Gasteiger partial charge in [0.2, 0.25) is 5.91 Å². The maximum Gasteiger partial charge on any atom is 0.261 e. The molecule has 5 rings (SSSR count). The number of hydrogen-bond donors (Lipinski definition) is 0. The van der Waals surface area contributed by atoms with E-state index < -0.39 is 0 Å². The van der Waals surface area contributed by atoms with Crippen LogP contribution in [0, 0.1) is 13.8 Å². The van der Waals surface area contributed by atoms with Gasteiger partial charge in [0.15, 0.2) is 5.82 Å². The smallest absolute Gasteiger partial charge is 0.261 e. The van der Waals surface area contributed by atoms with Crippen molar-refractivity contribution in [3.8, 4) is 5.82 Å². The number of carbonyl (C=O) groups is 3. The number of hydrogen-bond acceptors (Lipinski definition) is 6. The lowest BCUT2D eigenvalue weighted by molar-refractivity contribution is -0.131. The molecule has 0 saturated carbocycles. The van der Waals surface area contributed by atoms with Gasteiger partial charge in [-0.3, -0.25) is 19.3 Å². The fraction of sp³-hybridized carbons (Fsp3) is 0.346. The van der Waals surface area contributed by atoms with Gasteiger partial charge in [0, 0.05) is 45.3 Å². The Labute approximate surface area is 204 Å². The summed E-state index contributed by atoms with van der Waals surface area (Å²) in [5, 5.41) is 4.69. The lowest BCUT2D eigenvalue weighted by atomic mass is 10.1. The number of pyridine rings is 1. The van der Waals surface area contributed by atoms with Crippen LogP contribution in [0.1, 0.15) is 44.9 Å². The molecule has 0 radical (unpaired) electrons. The molecule has 3 aromatic rings. The minimum absolute atomic E-state index is 0.0545. The van der Waals surface area contributed by atoms with E-state index in [1.165, 1.54) is 4.90 Å². The number of amides is 3. The number of aromatic nitrogens is 3. The van der Waals surface area contributed by atoms with Gasteiger partial charge < -0.3 is 9.80 Å². The van der Waals surface area contributed by atoms with Crippen molar-refractivity contribution in [2.24, 2.45) is 0 Å². The van der Waals surface area contributed by atoms with Gasteiger partial charge in [-0.05, 0) is 44.5 Å². The minimum atomic E-state index is -0.274. The average molecular weight is 473 g/mol. The predicted octanol–water partition coefficient (Wildman–Crippen LogP) is 2.61. The zero-order valence-electron chi connectivity index (χ0n) is 20.0. The lowest BCUT2D eigenvalue weighted by Crippen LogP contribution is -2.49. The highest BCUT2D eigenvalue weighted by Gasteiger charge is 2.34. The van der Waals surface area contributed by atoms with Gasteiger partial charge in [-0.2, -0.15) is 5.10 Å². The van der Waals surface area contributed by atoms with E-state index in [2.05, 4.69) is 15.0 Å². The molecule has 4 heterocycles. The highest BCUT2D eigenvalue weighted by Crippen LogP contribution is 2.27. The molecule has 1 aromatic carbocycles. The third-order valence-electron chi connectivity index (χ3n) is 6.72. The summed E-state index contributed by atoms with van der Waals surface area (Å²) in [6, 6.07) is 12.6. The topological polar surface area (TPSA) is 91.6 Å². The molecule has 9 nitrogen and oxygen atoms in total. The van der Waals surface area contributed by atoms with Crippen molar-refractivity contribution in [1.29, 1.82) is 0 Å². The van der Waals surface area contributed by atoms with Crippen LogP contribution >= 0.6 is 0 Å². The summed E-state index contributed by atoms with van der Waals surface area (Å²) in [4.78, 5) is 47.6. The van der Waals surface area contributed by atoms with Crippen molar-refractivity contribution in [3.05, 3.63) is 71.2 Å². The number of piperazine rings is 1. The molecule has 35 heavy (non-hydrogen) atoms. The molecule has 1 fully saturated rings. The van der Waals surface area contributed by atoms with Gasteiger partial charge in [0.1, 0.15) is 0 Å². The molecule has 0 bridgehead atoms. The van der Waals surface area contributed by atoms with Gasteiger partial charge in [-0.25, -0.2) is 9.67 Å². The molecule has 2 aromatic heterocycles. The van der Waals surface area contributed by atoms with E-state index in [-0.39, 0.29) is 24.3 Å². The Bertz CT molecular complexity index is 1240. The second-order valence-corrected chi connectivity index (χ2v) is 8.90. The first-order valence-corrected chi connectivity index (χ1v) is 11.9. The Morgan fingerprint density at radius 1 is 0.914 bits per heavy atom. The molecule has 180 valence electrons.